The number of aromatic amines is 1. The maximum absolute atomic E-state index is 12.2. The van der Waals surface area contributed by atoms with Crippen molar-refractivity contribution >= 4 is 10.1 Å². The van der Waals surface area contributed by atoms with E-state index < -0.39 is 46.4 Å². The van der Waals surface area contributed by atoms with Crippen molar-refractivity contribution in [2.75, 3.05) is 6.61 Å². The SMILES string of the molecule is Cc1ccc(S(=O)(=O)OC[C@H]2O[C@@H](n3nc(C)c(=O)[nH]c3=O)C[C@@H]2O)cc1. The molecule has 2 aromatic rings. The largest absolute Gasteiger partial charge is 0.390 e. The first-order valence-electron chi connectivity index (χ1n) is 8.17. The molecule has 0 bridgehead atoms. The summed E-state index contributed by atoms with van der Waals surface area (Å²) in [5.74, 6) is 0. The number of nitrogens with zero attached hydrogens (tertiary/aromatic N) is 2. The fourth-order valence-electron chi connectivity index (χ4n) is 2.64. The van der Waals surface area contributed by atoms with Crippen molar-refractivity contribution in [2.45, 2.75) is 43.6 Å². The highest BCUT2D eigenvalue weighted by Gasteiger charge is 2.37. The number of aliphatic hydroxyl groups is 1. The Morgan fingerprint density at radius 3 is 2.63 bits per heavy atom. The maximum atomic E-state index is 12.2. The van der Waals surface area contributed by atoms with Gasteiger partial charge in [0.15, 0.2) is 6.23 Å². The predicted octanol–water partition coefficient (Wildman–Crippen LogP) is -0.398. The molecule has 0 amide bonds. The molecular formula is C16H19N3O7S. The molecular weight excluding hydrogens is 378 g/mol. The van der Waals surface area contributed by atoms with Crippen LogP contribution in [0.4, 0.5) is 0 Å². The summed E-state index contributed by atoms with van der Waals surface area (Å²) in [6.45, 7) is 2.83. The highest BCUT2D eigenvalue weighted by atomic mass is 32.2. The topological polar surface area (TPSA) is 141 Å². The first-order valence-corrected chi connectivity index (χ1v) is 9.57. The van der Waals surface area contributed by atoms with E-state index in [4.69, 9.17) is 8.92 Å². The standard InChI is InChI=1S/C16H19N3O7S/c1-9-3-5-11(6-4-9)27(23,24)25-8-13-12(20)7-14(26-13)19-16(22)17-15(21)10(2)18-19/h3-6,12-14,20H,7-8H2,1-2H3,(H,17,21,22)/t12-,13+,14+/m0/s1. The number of rotatable bonds is 5. The number of aliphatic hydroxyl groups excluding tert-OH is 1. The Balaban J connectivity index is 1.70. The second-order valence-electron chi connectivity index (χ2n) is 6.27. The van der Waals surface area contributed by atoms with Crippen molar-refractivity contribution in [2.24, 2.45) is 0 Å². The summed E-state index contributed by atoms with van der Waals surface area (Å²) in [5.41, 5.74) is -0.426. The summed E-state index contributed by atoms with van der Waals surface area (Å²) in [6, 6.07) is 6.13. The molecule has 3 atom stereocenters. The van der Waals surface area contributed by atoms with E-state index >= 15 is 0 Å². The lowest BCUT2D eigenvalue weighted by Gasteiger charge is -2.15. The predicted molar refractivity (Wildman–Crippen MR) is 92.7 cm³/mol. The van der Waals surface area contributed by atoms with Crippen LogP contribution in [0.15, 0.2) is 38.8 Å². The molecule has 10 nitrogen and oxygen atoms in total. The van der Waals surface area contributed by atoms with Gasteiger partial charge in [0.25, 0.3) is 15.7 Å². The van der Waals surface area contributed by atoms with Gasteiger partial charge in [-0.2, -0.15) is 18.2 Å². The van der Waals surface area contributed by atoms with Gasteiger partial charge in [-0.05, 0) is 26.0 Å². The van der Waals surface area contributed by atoms with Crippen LogP contribution in [0.1, 0.15) is 23.9 Å². The molecule has 2 heterocycles. The van der Waals surface area contributed by atoms with E-state index in [0.717, 1.165) is 10.2 Å². The van der Waals surface area contributed by atoms with Crippen LogP contribution in [-0.4, -0.2) is 47.1 Å². The second kappa shape index (κ2) is 7.35. The van der Waals surface area contributed by atoms with Crippen LogP contribution in [0.3, 0.4) is 0 Å². The monoisotopic (exact) mass is 397 g/mol. The lowest BCUT2D eigenvalue weighted by molar-refractivity contribution is -0.0451. The van der Waals surface area contributed by atoms with Gasteiger partial charge in [0, 0.05) is 6.42 Å². The smallest absolute Gasteiger partial charge is 0.347 e. The van der Waals surface area contributed by atoms with Gasteiger partial charge in [0.05, 0.1) is 17.6 Å². The summed E-state index contributed by atoms with van der Waals surface area (Å²) < 4.78 is 35.9. The zero-order valence-electron chi connectivity index (χ0n) is 14.7. The van der Waals surface area contributed by atoms with Gasteiger partial charge >= 0.3 is 5.69 Å². The van der Waals surface area contributed by atoms with Crippen LogP contribution >= 0.6 is 0 Å². The molecule has 27 heavy (non-hydrogen) atoms. The third kappa shape index (κ3) is 4.16. The van der Waals surface area contributed by atoms with Crippen LogP contribution in [0.5, 0.6) is 0 Å². The van der Waals surface area contributed by atoms with Gasteiger partial charge in [-0.3, -0.25) is 14.0 Å². The third-order valence-corrected chi connectivity index (χ3v) is 5.48. The van der Waals surface area contributed by atoms with Crippen LogP contribution < -0.4 is 11.2 Å². The highest BCUT2D eigenvalue weighted by Crippen LogP contribution is 2.28. The zero-order valence-corrected chi connectivity index (χ0v) is 15.5. The highest BCUT2D eigenvalue weighted by molar-refractivity contribution is 7.86. The summed E-state index contributed by atoms with van der Waals surface area (Å²) in [5, 5.41) is 14.0. The first kappa shape index (κ1) is 19.4. The molecule has 1 fully saturated rings. The van der Waals surface area contributed by atoms with Crippen LogP contribution in [-0.2, 0) is 19.0 Å². The minimum Gasteiger partial charge on any atom is -0.390 e. The molecule has 0 aliphatic carbocycles. The average molecular weight is 397 g/mol. The van der Waals surface area contributed by atoms with Gasteiger partial charge in [0.1, 0.15) is 11.8 Å². The minimum absolute atomic E-state index is 0.00298. The molecule has 0 unspecified atom stereocenters. The van der Waals surface area contributed by atoms with Crippen LogP contribution in [0.25, 0.3) is 0 Å². The van der Waals surface area contributed by atoms with E-state index in [9.17, 15) is 23.1 Å². The summed E-state index contributed by atoms with van der Waals surface area (Å²) >= 11 is 0. The Morgan fingerprint density at radius 1 is 1.30 bits per heavy atom. The Labute approximate surface area is 154 Å². The zero-order chi connectivity index (χ0) is 19.8. The molecule has 1 aliphatic heterocycles. The quantitative estimate of drug-likeness (QED) is 0.650. The van der Waals surface area contributed by atoms with Gasteiger partial charge in [-0.15, -0.1) is 0 Å². The first-order chi connectivity index (χ1) is 12.7. The lowest BCUT2D eigenvalue weighted by Crippen LogP contribution is -2.36. The summed E-state index contributed by atoms with van der Waals surface area (Å²) in [7, 11) is -4.01. The Morgan fingerprint density at radius 2 is 1.96 bits per heavy atom. The van der Waals surface area contributed by atoms with Gasteiger partial charge in [-0.1, -0.05) is 17.7 Å². The molecule has 2 N–H and O–H groups in total. The molecule has 1 saturated heterocycles. The second-order valence-corrected chi connectivity index (χ2v) is 7.89. The van der Waals surface area contributed by atoms with Crippen molar-refractivity contribution in [3.8, 4) is 0 Å². The molecule has 146 valence electrons. The maximum Gasteiger partial charge on any atom is 0.347 e. The van der Waals surface area contributed by atoms with E-state index in [1.807, 2.05) is 6.92 Å². The Kier molecular flexibility index (Phi) is 5.29. The van der Waals surface area contributed by atoms with Crippen molar-refractivity contribution in [1.82, 2.24) is 14.8 Å². The van der Waals surface area contributed by atoms with Crippen molar-refractivity contribution in [3.05, 3.63) is 56.4 Å². The van der Waals surface area contributed by atoms with Gasteiger partial charge in [0.2, 0.25) is 0 Å². The third-order valence-electron chi connectivity index (χ3n) is 4.19. The molecule has 0 spiro atoms. The average Bonchev–Trinajstić information content (AvgIpc) is 2.97. The van der Waals surface area contributed by atoms with Crippen molar-refractivity contribution in [3.63, 3.8) is 0 Å². The number of benzene rings is 1. The van der Waals surface area contributed by atoms with Crippen LogP contribution in [0, 0.1) is 13.8 Å². The van der Waals surface area contributed by atoms with E-state index in [1.54, 1.807) is 12.1 Å². The normalized spacial score (nSPS) is 22.9. The summed E-state index contributed by atoms with van der Waals surface area (Å²) in [4.78, 5) is 25.4. The number of hydrogen-bond acceptors (Lipinski definition) is 8. The van der Waals surface area contributed by atoms with E-state index in [1.165, 1.54) is 19.1 Å². The molecule has 11 heteroatoms. The molecule has 3 rings (SSSR count). The fourth-order valence-corrected chi connectivity index (χ4v) is 3.56. The number of aryl methyl sites for hydroxylation is 2. The van der Waals surface area contributed by atoms with E-state index in [0.29, 0.717) is 0 Å². The number of H-pyrrole nitrogens is 1. The molecule has 1 aliphatic rings. The number of nitrogens with one attached hydrogen (secondary N) is 1. The fraction of sp³-hybridized carbons (Fsp3) is 0.438. The number of ether oxygens (including phenoxy) is 1. The molecule has 0 radical (unpaired) electrons. The Hall–Kier alpha value is -2.34. The molecule has 1 aromatic carbocycles. The minimum atomic E-state index is -4.01. The number of hydrogen-bond donors (Lipinski definition) is 2. The van der Waals surface area contributed by atoms with E-state index in [-0.39, 0.29) is 17.0 Å². The molecule has 1 aromatic heterocycles. The lowest BCUT2D eigenvalue weighted by atomic mass is 10.2. The number of aromatic nitrogens is 3. The van der Waals surface area contributed by atoms with Crippen molar-refractivity contribution < 1.29 is 22.4 Å². The van der Waals surface area contributed by atoms with Crippen LogP contribution in [0.2, 0.25) is 0 Å². The Bertz CT molecular complexity index is 1040. The van der Waals surface area contributed by atoms with Gasteiger partial charge < -0.3 is 9.84 Å². The van der Waals surface area contributed by atoms with E-state index in [2.05, 4.69) is 10.1 Å². The van der Waals surface area contributed by atoms with Crippen molar-refractivity contribution in [1.29, 1.82) is 0 Å². The molecule has 0 saturated carbocycles. The van der Waals surface area contributed by atoms with Gasteiger partial charge in [-0.25, -0.2) is 4.79 Å². The summed E-state index contributed by atoms with van der Waals surface area (Å²) in [6.07, 6.45) is -2.99.